The second-order valence-electron chi connectivity index (χ2n) is 2.84. The van der Waals surface area contributed by atoms with Crippen molar-refractivity contribution >= 4 is 0 Å². The summed E-state index contributed by atoms with van der Waals surface area (Å²) in [7, 11) is 0. The maximum absolute atomic E-state index is 8.79. The molecule has 1 saturated heterocycles. The van der Waals surface area contributed by atoms with Gasteiger partial charge in [-0.25, -0.2) is 0 Å². The number of aliphatic hydroxyl groups is 1. The first-order valence-corrected chi connectivity index (χ1v) is 4.21. The summed E-state index contributed by atoms with van der Waals surface area (Å²) in [6, 6.07) is 0. The van der Waals surface area contributed by atoms with Crippen molar-refractivity contribution in [3.05, 3.63) is 0 Å². The first-order chi connectivity index (χ1) is 5.36. The molecular weight excluding hydrogens is 144 g/mol. The van der Waals surface area contributed by atoms with Gasteiger partial charge in [0.25, 0.3) is 0 Å². The molecule has 1 N–H and O–H groups in total. The first-order valence-electron chi connectivity index (χ1n) is 4.21. The van der Waals surface area contributed by atoms with Crippen LogP contribution in [0.3, 0.4) is 0 Å². The Morgan fingerprint density at radius 3 is 2.82 bits per heavy atom. The monoisotopic (exact) mass is 160 g/mol. The summed E-state index contributed by atoms with van der Waals surface area (Å²) in [6.45, 7) is 3.54. The Balaban J connectivity index is 2.14. The summed E-state index contributed by atoms with van der Waals surface area (Å²) < 4.78 is 10.6. The smallest absolute Gasteiger partial charge is 0.157 e. The highest BCUT2D eigenvalue weighted by atomic mass is 16.7. The van der Waals surface area contributed by atoms with E-state index in [1.54, 1.807) is 0 Å². The average molecular weight is 160 g/mol. The molecule has 0 aromatic carbocycles. The van der Waals surface area contributed by atoms with Gasteiger partial charge < -0.3 is 14.6 Å². The molecule has 3 heteroatoms. The molecule has 0 aromatic rings. The summed E-state index contributed by atoms with van der Waals surface area (Å²) in [5, 5.41) is 8.79. The van der Waals surface area contributed by atoms with Gasteiger partial charge in [-0.05, 0) is 19.8 Å². The minimum atomic E-state index is -0.0252. The molecule has 1 fully saturated rings. The van der Waals surface area contributed by atoms with Gasteiger partial charge in [0.15, 0.2) is 6.29 Å². The third-order valence-electron chi connectivity index (χ3n) is 1.94. The fourth-order valence-electron chi connectivity index (χ4n) is 1.24. The Morgan fingerprint density at radius 1 is 1.55 bits per heavy atom. The molecule has 0 amide bonds. The van der Waals surface area contributed by atoms with Crippen molar-refractivity contribution < 1.29 is 14.6 Å². The Labute approximate surface area is 67.3 Å². The highest BCUT2D eigenvalue weighted by molar-refractivity contribution is 4.64. The van der Waals surface area contributed by atoms with E-state index in [4.69, 9.17) is 14.6 Å². The maximum Gasteiger partial charge on any atom is 0.157 e. The molecule has 0 aromatic heterocycles. The van der Waals surface area contributed by atoms with E-state index in [-0.39, 0.29) is 12.9 Å². The fourth-order valence-corrected chi connectivity index (χ4v) is 1.24. The van der Waals surface area contributed by atoms with E-state index >= 15 is 0 Å². The Morgan fingerprint density at radius 2 is 2.36 bits per heavy atom. The van der Waals surface area contributed by atoms with Crippen molar-refractivity contribution in [1.82, 2.24) is 0 Å². The van der Waals surface area contributed by atoms with Crippen LogP contribution in [0, 0.1) is 5.92 Å². The van der Waals surface area contributed by atoms with E-state index in [2.05, 4.69) is 0 Å². The second-order valence-corrected chi connectivity index (χ2v) is 2.84. The van der Waals surface area contributed by atoms with Crippen LogP contribution in [0.5, 0.6) is 0 Å². The number of rotatable bonds is 3. The topological polar surface area (TPSA) is 38.7 Å². The number of aliphatic hydroxyl groups excluding tert-OH is 1. The zero-order valence-corrected chi connectivity index (χ0v) is 6.95. The highest BCUT2D eigenvalue weighted by Crippen LogP contribution is 2.18. The van der Waals surface area contributed by atoms with Crippen LogP contribution in [-0.4, -0.2) is 31.2 Å². The minimum absolute atomic E-state index is 0.0252. The predicted octanol–water partition coefficient (Wildman–Crippen LogP) is 0.768. The molecule has 2 unspecified atom stereocenters. The summed E-state index contributed by atoms with van der Waals surface area (Å²) in [5.41, 5.74) is 0. The summed E-state index contributed by atoms with van der Waals surface area (Å²) in [6.07, 6.45) is 1.91. The van der Waals surface area contributed by atoms with Crippen molar-refractivity contribution in [2.45, 2.75) is 26.1 Å². The molecule has 1 rings (SSSR count). The van der Waals surface area contributed by atoms with E-state index in [1.165, 1.54) is 0 Å². The highest BCUT2D eigenvalue weighted by Gasteiger charge is 2.20. The van der Waals surface area contributed by atoms with E-state index in [1.807, 2.05) is 6.92 Å². The van der Waals surface area contributed by atoms with Gasteiger partial charge in [-0.15, -0.1) is 0 Å². The zero-order valence-electron chi connectivity index (χ0n) is 6.95. The van der Waals surface area contributed by atoms with E-state index < -0.39 is 0 Å². The number of hydrogen-bond acceptors (Lipinski definition) is 3. The normalized spacial score (nSPS) is 32.2. The largest absolute Gasteiger partial charge is 0.396 e. The van der Waals surface area contributed by atoms with Gasteiger partial charge in [-0.1, -0.05) is 0 Å². The molecule has 1 aliphatic heterocycles. The lowest BCUT2D eigenvalue weighted by molar-refractivity contribution is -0.175. The molecule has 1 heterocycles. The SMILES string of the molecule is CCOC1CCC(CO)CO1. The maximum atomic E-state index is 8.79. The van der Waals surface area contributed by atoms with Crippen LogP contribution in [0.1, 0.15) is 19.8 Å². The standard InChI is InChI=1S/C8H16O3/c1-2-10-8-4-3-7(5-9)6-11-8/h7-9H,2-6H2,1H3. The predicted molar refractivity (Wildman–Crippen MR) is 41.2 cm³/mol. The Kier molecular flexibility index (Phi) is 3.83. The summed E-state index contributed by atoms with van der Waals surface area (Å²) in [5.74, 6) is 0.326. The van der Waals surface area contributed by atoms with Crippen LogP contribution in [0.4, 0.5) is 0 Å². The van der Waals surface area contributed by atoms with Gasteiger partial charge in [0.1, 0.15) is 0 Å². The molecule has 3 nitrogen and oxygen atoms in total. The zero-order chi connectivity index (χ0) is 8.10. The van der Waals surface area contributed by atoms with Crippen molar-refractivity contribution in [3.8, 4) is 0 Å². The third kappa shape index (κ3) is 2.77. The van der Waals surface area contributed by atoms with Crippen LogP contribution in [0.2, 0.25) is 0 Å². The number of hydrogen-bond donors (Lipinski definition) is 1. The summed E-state index contributed by atoms with van der Waals surface area (Å²) >= 11 is 0. The number of ether oxygens (including phenoxy) is 2. The van der Waals surface area contributed by atoms with Crippen LogP contribution in [0.25, 0.3) is 0 Å². The van der Waals surface area contributed by atoms with Crippen molar-refractivity contribution in [1.29, 1.82) is 0 Å². The molecule has 2 atom stereocenters. The van der Waals surface area contributed by atoms with Gasteiger partial charge >= 0.3 is 0 Å². The van der Waals surface area contributed by atoms with Crippen molar-refractivity contribution in [3.63, 3.8) is 0 Å². The minimum Gasteiger partial charge on any atom is -0.396 e. The van der Waals surface area contributed by atoms with Gasteiger partial charge in [-0.2, -0.15) is 0 Å². The molecule has 0 aliphatic carbocycles. The van der Waals surface area contributed by atoms with Crippen LogP contribution in [0.15, 0.2) is 0 Å². The lowest BCUT2D eigenvalue weighted by Crippen LogP contribution is -2.29. The molecule has 1 aliphatic rings. The molecule has 0 spiro atoms. The second kappa shape index (κ2) is 4.70. The molecular formula is C8H16O3. The molecule has 11 heavy (non-hydrogen) atoms. The molecule has 0 saturated carbocycles. The van der Waals surface area contributed by atoms with Crippen molar-refractivity contribution in [2.75, 3.05) is 19.8 Å². The third-order valence-corrected chi connectivity index (χ3v) is 1.94. The van der Waals surface area contributed by atoms with Gasteiger partial charge in [-0.3, -0.25) is 0 Å². The molecule has 0 radical (unpaired) electrons. The van der Waals surface area contributed by atoms with Gasteiger partial charge in [0.2, 0.25) is 0 Å². The fraction of sp³-hybridized carbons (Fsp3) is 1.00. The van der Waals surface area contributed by atoms with Crippen LogP contribution < -0.4 is 0 Å². The molecule has 66 valence electrons. The van der Waals surface area contributed by atoms with Gasteiger partial charge in [0.05, 0.1) is 6.61 Å². The quantitative estimate of drug-likeness (QED) is 0.662. The van der Waals surface area contributed by atoms with E-state index in [9.17, 15) is 0 Å². The van der Waals surface area contributed by atoms with Crippen LogP contribution >= 0.6 is 0 Å². The van der Waals surface area contributed by atoms with E-state index in [0.29, 0.717) is 19.1 Å². The van der Waals surface area contributed by atoms with Gasteiger partial charge in [0, 0.05) is 19.1 Å². The average Bonchev–Trinajstić information content (AvgIpc) is 2.07. The summed E-state index contributed by atoms with van der Waals surface area (Å²) in [4.78, 5) is 0. The lowest BCUT2D eigenvalue weighted by atomic mass is 10.0. The van der Waals surface area contributed by atoms with Crippen LogP contribution in [-0.2, 0) is 9.47 Å². The Bertz CT molecular complexity index is 97.5. The molecule has 0 bridgehead atoms. The first kappa shape index (κ1) is 8.97. The van der Waals surface area contributed by atoms with Crippen molar-refractivity contribution in [2.24, 2.45) is 5.92 Å². The lowest BCUT2D eigenvalue weighted by Gasteiger charge is -2.27. The Hall–Kier alpha value is -0.120. The van der Waals surface area contributed by atoms with E-state index in [0.717, 1.165) is 12.8 Å².